The van der Waals surface area contributed by atoms with E-state index in [1.807, 2.05) is 0 Å². The Morgan fingerprint density at radius 3 is 2.32 bits per heavy atom. The zero-order valence-electron chi connectivity index (χ0n) is 13.8. The minimum absolute atomic E-state index is 0.0252. The van der Waals surface area contributed by atoms with E-state index in [1.54, 1.807) is 26.0 Å². The number of carbonyl (C=O) groups excluding carboxylic acids is 3. The SMILES string of the molecule is CCOC(=O)c1ccc(NC(=O)COC(=O)c2cnc(C)cn2)cc1. The average Bonchev–Trinajstić information content (AvgIpc) is 2.61. The van der Waals surface area contributed by atoms with Crippen molar-refractivity contribution < 1.29 is 23.9 Å². The third kappa shape index (κ3) is 5.38. The van der Waals surface area contributed by atoms with E-state index in [9.17, 15) is 14.4 Å². The number of aromatic nitrogens is 2. The first-order valence-electron chi connectivity index (χ1n) is 7.52. The van der Waals surface area contributed by atoms with Crippen molar-refractivity contribution in [3.8, 4) is 0 Å². The molecule has 0 unspecified atom stereocenters. The molecule has 0 radical (unpaired) electrons. The number of aryl methyl sites for hydroxylation is 1. The van der Waals surface area contributed by atoms with E-state index in [4.69, 9.17) is 9.47 Å². The Kier molecular flexibility index (Phi) is 6.16. The van der Waals surface area contributed by atoms with Gasteiger partial charge in [0.2, 0.25) is 0 Å². The number of nitrogens with zero attached hydrogens (tertiary/aromatic N) is 2. The lowest BCUT2D eigenvalue weighted by molar-refractivity contribution is -0.119. The van der Waals surface area contributed by atoms with Crippen LogP contribution in [0.3, 0.4) is 0 Å². The second kappa shape index (κ2) is 8.53. The highest BCUT2D eigenvalue weighted by Gasteiger charge is 2.12. The molecule has 1 aromatic heterocycles. The van der Waals surface area contributed by atoms with Crippen LogP contribution in [-0.2, 0) is 14.3 Å². The van der Waals surface area contributed by atoms with Crippen molar-refractivity contribution in [1.29, 1.82) is 0 Å². The highest BCUT2D eigenvalue weighted by molar-refractivity contribution is 5.95. The second-order valence-electron chi connectivity index (χ2n) is 4.97. The van der Waals surface area contributed by atoms with E-state index in [-0.39, 0.29) is 12.3 Å². The summed E-state index contributed by atoms with van der Waals surface area (Å²) in [6.45, 7) is 3.28. The number of esters is 2. The molecule has 130 valence electrons. The van der Waals surface area contributed by atoms with Gasteiger partial charge in [0.05, 0.1) is 24.1 Å². The van der Waals surface area contributed by atoms with Gasteiger partial charge in [-0.3, -0.25) is 9.78 Å². The van der Waals surface area contributed by atoms with Crippen LogP contribution in [-0.4, -0.2) is 41.0 Å². The molecule has 0 saturated carbocycles. The van der Waals surface area contributed by atoms with Crippen LogP contribution in [0.15, 0.2) is 36.7 Å². The first-order valence-corrected chi connectivity index (χ1v) is 7.52. The number of carbonyl (C=O) groups is 3. The molecule has 0 atom stereocenters. The molecule has 0 bridgehead atoms. The molecule has 25 heavy (non-hydrogen) atoms. The van der Waals surface area contributed by atoms with Gasteiger partial charge in [0.25, 0.3) is 5.91 Å². The van der Waals surface area contributed by atoms with Crippen LogP contribution in [0.25, 0.3) is 0 Å². The van der Waals surface area contributed by atoms with Gasteiger partial charge in [-0.2, -0.15) is 0 Å². The molecule has 0 aliphatic rings. The lowest BCUT2D eigenvalue weighted by Crippen LogP contribution is -2.21. The molecule has 0 aliphatic carbocycles. The van der Waals surface area contributed by atoms with E-state index < -0.39 is 24.5 Å². The molecule has 1 aromatic carbocycles. The Balaban J connectivity index is 1.84. The van der Waals surface area contributed by atoms with Crippen molar-refractivity contribution in [1.82, 2.24) is 9.97 Å². The number of benzene rings is 1. The largest absolute Gasteiger partial charge is 0.462 e. The molecule has 0 saturated heterocycles. The van der Waals surface area contributed by atoms with Gasteiger partial charge in [0.1, 0.15) is 0 Å². The van der Waals surface area contributed by atoms with Crippen LogP contribution in [0, 0.1) is 6.92 Å². The second-order valence-corrected chi connectivity index (χ2v) is 4.97. The minimum Gasteiger partial charge on any atom is -0.462 e. The third-order valence-corrected chi connectivity index (χ3v) is 3.00. The fraction of sp³-hybridized carbons (Fsp3) is 0.235. The summed E-state index contributed by atoms with van der Waals surface area (Å²) < 4.78 is 9.74. The minimum atomic E-state index is -0.736. The molecular formula is C17H17N3O5. The fourth-order valence-electron chi connectivity index (χ4n) is 1.80. The summed E-state index contributed by atoms with van der Waals surface area (Å²) in [6.07, 6.45) is 2.71. The first kappa shape index (κ1) is 18.1. The normalized spacial score (nSPS) is 10.0. The summed E-state index contributed by atoms with van der Waals surface area (Å²) in [7, 11) is 0. The van der Waals surface area contributed by atoms with Crippen molar-refractivity contribution in [3.05, 3.63) is 53.6 Å². The molecule has 0 fully saturated rings. The summed E-state index contributed by atoms with van der Waals surface area (Å²) in [5.74, 6) is -1.69. The Labute approximate surface area is 144 Å². The molecule has 0 spiro atoms. The van der Waals surface area contributed by atoms with Gasteiger partial charge in [-0.05, 0) is 38.1 Å². The maximum Gasteiger partial charge on any atom is 0.359 e. The number of hydrogen-bond donors (Lipinski definition) is 1. The summed E-state index contributed by atoms with van der Waals surface area (Å²) in [4.78, 5) is 42.9. The van der Waals surface area contributed by atoms with Crippen LogP contribution >= 0.6 is 0 Å². The molecule has 2 aromatic rings. The van der Waals surface area contributed by atoms with Crippen molar-refractivity contribution in [2.45, 2.75) is 13.8 Å². The van der Waals surface area contributed by atoms with Crippen molar-refractivity contribution in [2.24, 2.45) is 0 Å². The smallest absolute Gasteiger partial charge is 0.359 e. The van der Waals surface area contributed by atoms with Gasteiger partial charge in [0, 0.05) is 11.9 Å². The molecule has 1 amide bonds. The summed E-state index contributed by atoms with van der Waals surface area (Å²) in [5.41, 5.74) is 1.53. The Bertz CT molecular complexity index is 757. The molecule has 1 heterocycles. The monoisotopic (exact) mass is 343 g/mol. The van der Waals surface area contributed by atoms with E-state index in [0.29, 0.717) is 16.9 Å². The van der Waals surface area contributed by atoms with Crippen molar-refractivity contribution >= 4 is 23.5 Å². The van der Waals surface area contributed by atoms with Crippen LogP contribution in [0.5, 0.6) is 0 Å². The quantitative estimate of drug-likeness (QED) is 0.796. The van der Waals surface area contributed by atoms with Crippen LogP contribution < -0.4 is 5.32 Å². The van der Waals surface area contributed by atoms with Gasteiger partial charge in [-0.15, -0.1) is 0 Å². The van der Waals surface area contributed by atoms with E-state index in [0.717, 1.165) is 0 Å². The van der Waals surface area contributed by atoms with Crippen LogP contribution in [0.2, 0.25) is 0 Å². The molecule has 0 aliphatic heterocycles. The molecule has 8 heteroatoms. The number of ether oxygens (including phenoxy) is 2. The third-order valence-electron chi connectivity index (χ3n) is 3.00. The maximum absolute atomic E-state index is 11.8. The lowest BCUT2D eigenvalue weighted by atomic mass is 10.2. The number of amides is 1. The Morgan fingerprint density at radius 1 is 1.00 bits per heavy atom. The number of rotatable bonds is 6. The topological polar surface area (TPSA) is 107 Å². The standard InChI is InChI=1S/C17H17N3O5/c1-3-24-16(22)12-4-6-13(7-5-12)20-15(21)10-25-17(23)14-9-18-11(2)8-19-14/h4-9H,3,10H2,1-2H3,(H,20,21). The zero-order chi connectivity index (χ0) is 18.2. The Morgan fingerprint density at radius 2 is 1.72 bits per heavy atom. The van der Waals surface area contributed by atoms with Crippen LogP contribution in [0.1, 0.15) is 33.5 Å². The fourth-order valence-corrected chi connectivity index (χ4v) is 1.80. The van der Waals surface area contributed by atoms with Gasteiger partial charge in [0.15, 0.2) is 12.3 Å². The molecule has 2 rings (SSSR count). The first-order chi connectivity index (χ1) is 12.0. The number of nitrogens with one attached hydrogen (secondary N) is 1. The zero-order valence-corrected chi connectivity index (χ0v) is 13.8. The van der Waals surface area contributed by atoms with E-state index in [1.165, 1.54) is 24.5 Å². The molecular weight excluding hydrogens is 326 g/mol. The van der Waals surface area contributed by atoms with Gasteiger partial charge in [-0.25, -0.2) is 14.6 Å². The Hall–Kier alpha value is -3.29. The van der Waals surface area contributed by atoms with Gasteiger partial charge < -0.3 is 14.8 Å². The summed E-state index contributed by atoms with van der Waals surface area (Å²) in [5, 5.41) is 2.55. The average molecular weight is 343 g/mol. The highest BCUT2D eigenvalue weighted by atomic mass is 16.5. The predicted molar refractivity (Wildman–Crippen MR) is 88.1 cm³/mol. The number of hydrogen-bond acceptors (Lipinski definition) is 7. The molecule has 8 nitrogen and oxygen atoms in total. The summed E-state index contributed by atoms with van der Waals surface area (Å²) >= 11 is 0. The number of anilines is 1. The van der Waals surface area contributed by atoms with Gasteiger partial charge >= 0.3 is 11.9 Å². The van der Waals surface area contributed by atoms with E-state index >= 15 is 0 Å². The molecule has 1 N–H and O–H groups in total. The summed E-state index contributed by atoms with van der Waals surface area (Å²) in [6, 6.07) is 6.16. The van der Waals surface area contributed by atoms with Crippen molar-refractivity contribution in [3.63, 3.8) is 0 Å². The van der Waals surface area contributed by atoms with Gasteiger partial charge in [-0.1, -0.05) is 0 Å². The predicted octanol–water partition coefficient (Wildman–Crippen LogP) is 1.76. The van der Waals surface area contributed by atoms with Crippen LogP contribution in [0.4, 0.5) is 5.69 Å². The highest BCUT2D eigenvalue weighted by Crippen LogP contribution is 2.10. The maximum atomic E-state index is 11.8. The van der Waals surface area contributed by atoms with Crippen molar-refractivity contribution in [2.75, 3.05) is 18.5 Å². The van der Waals surface area contributed by atoms with E-state index in [2.05, 4.69) is 15.3 Å². The lowest BCUT2D eigenvalue weighted by Gasteiger charge is -2.07.